The highest BCUT2D eigenvalue weighted by Gasteiger charge is 2.32. The molecule has 1 fully saturated rings. The fourth-order valence-electron chi connectivity index (χ4n) is 6.60. The number of rotatable bonds is 4. The van der Waals surface area contributed by atoms with Crippen molar-refractivity contribution < 1.29 is 22.0 Å². The van der Waals surface area contributed by atoms with E-state index in [9.17, 15) is 18.0 Å². The number of anilines is 1. The lowest BCUT2D eigenvalue weighted by Gasteiger charge is -2.40. The quantitative estimate of drug-likeness (QED) is 0.323. The third-order valence-electron chi connectivity index (χ3n) is 8.89. The molecule has 0 unspecified atom stereocenters. The third-order valence-corrected chi connectivity index (χ3v) is 9.92. The zero-order valence-corrected chi connectivity index (χ0v) is 27.7. The Balaban J connectivity index is 1.70. The van der Waals surface area contributed by atoms with Gasteiger partial charge in [0.15, 0.2) is 5.65 Å². The van der Waals surface area contributed by atoms with E-state index in [1.165, 1.54) is 28.8 Å². The Bertz CT molecular complexity index is 2120. The van der Waals surface area contributed by atoms with Crippen LogP contribution < -0.4 is 15.7 Å². The molecule has 252 valence electrons. The van der Waals surface area contributed by atoms with Crippen LogP contribution in [0.25, 0.3) is 28.0 Å². The molecule has 0 aliphatic carbocycles. The van der Waals surface area contributed by atoms with Crippen LogP contribution in [-0.2, 0) is 28.0 Å². The minimum atomic E-state index is -4.25. The Kier molecular flexibility index (Phi) is 8.87. The number of nitrogens with two attached hydrogens (primary N) is 1. The van der Waals surface area contributed by atoms with Gasteiger partial charge in [0.25, 0.3) is 10.2 Å². The molecule has 0 spiro atoms. The van der Waals surface area contributed by atoms with Crippen LogP contribution in [0.4, 0.5) is 14.6 Å². The van der Waals surface area contributed by atoms with Crippen molar-refractivity contribution in [1.82, 2.24) is 28.7 Å². The minimum absolute atomic E-state index is 0.0270. The number of nitrogens with zero attached hydrogens (tertiary/aromatic N) is 7. The summed E-state index contributed by atoms with van der Waals surface area (Å²) in [6.45, 7) is 9.84. The number of hydrogen-bond donors (Lipinski definition) is 1. The molecule has 2 aliphatic heterocycles. The van der Waals surface area contributed by atoms with Crippen molar-refractivity contribution in [3.63, 3.8) is 0 Å². The summed E-state index contributed by atoms with van der Waals surface area (Å²) in [5, 5.41) is 5.80. The molecule has 0 radical (unpaired) electrons. The highest BCUT2D eigenvalue weighted by molar-refractivity contribution is 7.86. The fraction of sp³-hybridized carbons (Fsp3) is 0.364. The summed E-state index contributed by atoms with van der Waals surface area (Å²) in [5.74, 6) is -1.95. The predicted molar refractivity (Wildman–Crippen MR) is 178 cm³/mol. The lowest BCUT2D eigenvalue weighted by molar-refractivity contribution is -0.126. The average molecular weight is 679 g/mol. The van der Waals surface area contributed by atoms with Gasteiger partial charge in [0.2, 0.25) is 5.91 Å². The molecule has 1 aromatic carbocycles. The van der Waals surface area contributed by atoms with Crippen LogP contribution >= 0.6 is 0 Å². The first-order chi connectivity index (χ1) is 22.8. The molecular weight excluding hydrogens is 642 g/mol. The van der Waals surface area contributed by atoms with E-state index >= 15 is 8.78 Å². The van der Waals surface area contributed by atoms with Crippen LogP contribution in [0.2, 0.25) is 0 Å². The second kappa shape index (κ2) is 12.8. The minimum Gasteiger partial charge on any atom is -0.350 e. The number of aromatic nitrogens is 4. The fourth-order valence-corrected chi connectivity index (χ4v) is 7.30. The van der Waals surface area contributed by atoms with Gasteiger partial charge in [0, 0.05) is 50.5 Å². The molecule has 6 rings (SSSR count). The number of pyridine rings is 2. The van der Waals surface area contributed by atoms with Gasteiger partial charge >= 0.3 is 5.69 Å². The number of carbonyl (C=O) groups is 1. The van der Waals surface area contributed by atoms with E-state index in [2.05, 4.69) is 21.5 Å². The van der Waals surface area contributed by atoms with Gasteiger partial charge in [-0.3, -0.25) is 9.78 Å². The van der Waals surface area contributed by atoms with Crippen molar-refractivity contribution in [2.45, 2.75) is 52.1 Å². The summed E-state index contributed by atoms with van der Waals surface area (Å²) in [7, 11) is -4.25. The Morgan fingerprint density at radius 1 is 1.10 bits per heavy atom. The van der Waals surface area contributed by atoms with E-state index in [0.717, 1.165) is 10.4 Å². The van der Waals surface area contributed by atoms with Crippen molar-refractivity contribution in [3.8, 4) is 16.9 Å². The maximum absolute atomic E-state index is 16.4. The molecule has 1 saturated heterocycles. The predicted octanol–water partition coefficient (Wildman–Crippen LogP) is 3.42. The average Bonchev–Trinajstić information content (AvgIpc) is 3.04. The van der Waals surface area contributed by atoms with Gasteiger partial charge in [-0.2, -0.15) is 17.7 Å². The molecule has 2 bridgehead atoms. The first-order valence-corrected chi connectivity index (χ1v) is 17.2. The number of hydrogen-bond acceptors (Lipinski definition) is 8. The molecule has 4 aromatic rings. The van der Waals surface area contributed by atoms with Crippen LogP contribution in [0, 0.1) is 11.6 Å². The zero-order chi connectivity index (χ0) is 34.5. The van der Waals surface area contributed by atoms with Crippen LogP contribution in [-0.4, -0.2) is 75.3 Å². The van der Waals surface area contributed by atoms with Crippen molar-refractivity contribution in [2.75, 3.05) is 31.1 Å². The molecule has 5 heterocycles. The van der Waals surface area contributed by atoms with Crippen molar-refractivity contribution in [3.05, 3.63) is 88.1 Å². The van der Waals surface area contributed by atoms with E-state index in [1.54, 1.807) is 17.2 Å². The number of amides is 1. The number of fused-ring (bicyclic) bond motifs is 5. The highest BCUT2D eigenvalue weighted by Crippen LogP contribution is 2.36. The first-order valence-electron chi connectivity index (χ1n) is 15.6. The van der Waals surface area contributed by atoms with Gasteiger partial charge in [-0.1, -0.05) is 32.6 Å². The molecule has 15 heteroatoms. The highest BCUT2D eigenvalue weighted by atomic mass is 32.2. The first kappa shape index (κ1) is 33.3. The van der Waals surface area contributed by atoms with Gasteiger partial charge in [-0.25, -0.2) is 28.3 Å². The lowest BCUT2D eigenvalue weighted by atomic mass is 10.0. The van der Waals surface area contributed by atoms with Crippen LogP contribution in [0.1, 0.15) is 49.9 Å². The topological polar surface area (TPSA) is 148 Å². The van der Waals surface area contributed by atoms with Gasteiger partial charge < -0.3 is 9.80 Å². The van der Waals surface area contributed by atoms with Gasteiger partial charge in [0.1, 0.15) is 23.1 Å². The number of aryl methyl sites for hydroxylation is 1. The van der Waals surface area contributed by atoms with E-state index in [0.29, 0.717) is 49.4 Å². The number of carbonyl (C=O) groups excluding carboxylic acids is 1. The Labute approximate surface area is 276 Å². The summed E-state index contributed by atoms with van der Waals surface area (Å²) in [6.07, 6.45) is 3.48. The van der Waals surface area contributed by atoms with Crippen LogP contribution in [0.5, 0.6) is 0 Å². The number of benzene rings is 1. The van der Waals surface area contributed by atoms with Crippen molar-refractivity contribution in [1.29, 1.82) is 0 Å². The van der Waals surface area contributed by atoms with E-state index < -0.39 is 33.2 Å². The van der Waals surface area contributed by atoms with Gasteiger partial charge in [-0.15, -0.1) is 0 Å². The molecule has 2 N–H and O–H groups in total. The van der Waals surface area contributed by atoms with Crippen LogP contribution in [0.15, 0.2) is 54.0 Å². The maximum Gasteiger partial charge on any atom is 0.355 e. The normalized spacial score (nSPS) is 17.4. The SMILES string of the molecule is C=CC(=O)N1CCN(c2nc(=O)n3c4nc(c(F)cc24)-c2c(F)cccc2CN(S(N)(=O)=O)CCCc2ccnc(C(C)C)c2-3)[C@@H](C)C1. The molecule has 2 aliphatic rings. The third kappa shape index (κ3) is 5.97. The maximum atomic E-state index is 16.4. The van der Waals surface area contributed by atoms with Crippen molar-refractivity contribution >= 4 is 33.0 Å². The molecule has 0 saturated carbocycles. The Hall–Kier alpha value is -4.60. The second-order valence-corrected chi connectivity index (χ2v) is 13.9. The zero-order valence-electron chi connectivity index (χ0n) is 26.9. The summed E-state index contributed by atoms with van der Waals surface area (Å²) >= 11 is 0. The summed E-state index contributed by atoms with van der Waals surface area (Å²) < 4.78 is 59.9. The van der Waals surface area contributed by atoms with E-state index in [-0.39, 0.29) is 58.9 Å². The van der Waals surface area contributed by atoms with Crippen LogP contribution in [0.3, 0.4) is 0 Å². The van der Waals surface area contributed by atoms with Gasteiger partial charge in [0.05, 0.1) is 16.8 Å². The van der Waals surface area contributed by atoms with Gasteiger partial charge in [-0.05, 0) is 61.1 Å². The smallest absolute Gasteiger partial charge is 0.350 e. The molecular formula is C33H36F2N8O4S. The summed E-state index contributed by atoms with van der Waals surface area (Å²) in [5.41, 5.74) is 0.445. The monoisotopic (exact) mass is 678 g/mol. The standard InChI is InChI=1S/C33H36F2N8O4S/c1-5-26(44)40-14-15-42(20(4)17-40)31-23-16-25(35)29-27-22(8-6-10-24(27)34)18-41(48(36,46)47)13-7-9-21-11-12-37-28(19(2)3)30(21)43(32(23)38-29)33(45)39-31/h5-6,8,10-12,16,19-20H,1,7,9,13-15,17-18H2,2-4H3,(H2,36,46,47)/t20-/m0/s1. The van der Waals surface area contributed by atoms with E-state index in [1.807, 2.05) is 25.7 Å². The molecule has 12 nitrogen and oxygen atoms in total. The number of halogens is 2. The Morgan fingerprint density at radius 2 is 1.88 bits per heavy atom. The lowest BCUT2D eigenvalue weighted by Crippen LogP contribution is -2.54. The summed E-state index contributed by atoms with van der Waals surface area (Å²) in [6, 6.07) is 6.64. The molecule has 48 heavy (non-hydrogen) atoms. The summed E-state index contributed by atoms with van der Waals surface area (Å²) in [4.78, 5) is 43.9. The van der Waals surface area contributed by atoms with E-state index in [4.69, 9.17) is 5.14 Å². The molecule has 1 atom stereocenters. The Morgan fingerprint density at radius 3 is 2.56 bits per heavy atom. The largest absolute Gasteiger partial charge is 0.355 e. The van der Waals surface area contributed by atoms with Crippen molar-refractivity contribution in [2.24, 2.45) is 5.14 Å². The molecule has 3 aromatic heterocycles. The molecule has 1 amide bonds. The second-order valence-electron chi connectivity index (χ2n) is 12.4. The number of piperazine rings is 1.